The number of imidazole rings is 1. The zero-order chi connectivity index (χ0) is 24.7. The van der Waals surface area contributed by atoms with Gasteiger partial charge in [0.1, 0.15) is 11.3 Å². The summed E-state index contributed by atoms with van der Waals surface area (Å²) in [6.45, 7) is 2.57. The first-order valence-electron chi connectivity index (χ1n) is 11.0. The Morgan fingerprint density at radius 3 is 2.57 bits per heavy atom. The predicted molar refractivity (Wildman–Crippen MR) is 118 cm³/mol. The van der Waals surface area contributed by atoms with E-state index in [1.54, 1.807) is 33.7 Å². The number of amides is 1. The van der Waals surface area contributed by atoms with Gasteiger partial charge in [0.05, 0.1) is 23.3 Å². The summed E-state index contributed by atoms with van der Waals surface area (Å²) in [5.41, 5.74) is 1.09. The molecule has 0 aliphatic carbocycles. The summed E-state index contributed by atoms with van der Waals surface area (Å²) in [6.07, 6.45) is -0.326. The number of piperidine rings is 1. The zero-order valence-corrected chi connectivity index (χ0v) is 18.7. The van der Waals surface area contributed by atoms with Crippen molar-refractivity contribution < 1.29 is 22.4 Å². The average molecular weight is 486 g/mol. The van der Waals surface area contributed by atoms with Gasteiger partial charge in [-0.2, -0.15) is 8.78 Å². The van der Waals surface area contributed by atoms with Crippen molar-refractivity contribution in [3.8, 4) is 11.5 Å². The monoisotopic (exact) mass is 486 g/mol. The van der Waals surface area contributed by atoms with E-state index in [0.29, 0.717) is 42.7 Å². The van der Waals surface area contributed by atoms with E-state index >= 15 is 0 Å². The topological polar surface area (TPSA) is 99.1 Å². The first-order chi connectivity index (χ1) is 16.8. The normalized spacial score (nSPS) is 14.8. The summed E-state index contributed by atoms with van der Waals surface area (Å²) in [4.78, 5) is 31.1. The number of hydrogen-bond acceptors (Lipinski definition) is 6. The minimum atomic E-state index is -2.88. The molecule has 182 valence electrons. The van der Waals surface area contributed by atoms with Gasteiger partial charge in [-0.25, -0.2) is 9.18 Å². The second kappa shape index (κ2) is 9.01. The molecule has 0 N–H and O–H groups in total. The Morgan fingerprint density at radius 1 is 1.17 bits per heavy atom. The number of carbonyl (C=O) groups is 1. The first kappa shape index (κ1) is 22.8. The van der Waals surface area contributed by atoms with Crippen LogP contribution < -0.4 is 5.69 Å². The molecule has 9 nitrogen and oxygen atoms in total. The molecular formula is C23H21F3N6O3. The van der Waals surface area contributed by atoms with Crippen LogP contribution in [0.3, 0.4) is 0 Å². The number of carbonyl (C=O) groups excluding carboxylic acids is 1. The van der Waals surface area contributed by atoms with E-state index in [-0.39, 0.29) is 35.6 Å². The molecule has 0 radical (unpaired) electrons. The van der Waals surface area contributed by atoms with Gasteiger partial charge in [0.25, 0.3) is 5.89 Å². The second-order valence-electron chi connectivity index (χ2n) is 8.37. The summed E-state index contributed by atoms with van der Waals surface area (Å²) in [7, 11) is 0. The summed E-state index contributed by atoms with van der Waals surface area (Å²) in [5.74, 6) is -1.42. The molecule has 1 aromatic carbocycles. The Kier molecular flexibility index (Phi) is 5.87. The number of halogens is 3. The van der Waals surface area contributed by atoms with E-state index in [0.717, 1.165) is 0 Å². The van der Waals surface area contributed by atoms with Gasteiger partial charge in [-0.05, 0) is 37.1 Å². The number of para-hydroxylation sites is 1. The number of nitrogens with zero attached hydrogens (tertiary/aromatic N) is 6. The van der Waals surface area contributed by atoms with Gasteiger partial charge >= 0.3 is 12.1 Å². The molecule has 0 unspecified atom stereocenters. The maximum atomic E-state index is 14.9. The fourth-order valence-electron chi connectivity index (χ4n) is 4.48. The molecule has 1 fully saturated rings. The van der Waals surface area contributed by atoms with Gasteiger partial charge in [-0.3, -0.25) is 18.9 Å². The van der Waals surface area contributed by atoms with Crippen molar-refractivity contribution >= 4 is 16.9 Å². The van der Waals surface area contributed by atoms with Crippen LogP contribution >= 0.6 is 0 Å². The molecule has 4 heterocycles. The Labute approximate surface area is 196 Å². The number of likely N-dealkylation sites (tertiary alicyclic amines) is 1. The Bertz CT molecular complexity index is 1440. The van der Waals surface area contributed by atoms with Crippen LogP contribution in [0.4, 0.5) is 13.2 Å². The van der Waals surface area contributed by atoms with Crippen LogP contribution in [0.2, 0.25) is 0 Å². The van der Waals surface area contributed by atoms with E-state index in [1.807, 2.05) is 0 Å². The molecule has 0 atom stereocenters. The number of fused-ring (bicyclic) bond motifs is 1. The largest absolute Gasteiger partial charge is 0.415 e. The standard InChI is InChI=1S/C23H21F3N6O3/c1-13(33)30-9-7-16(8-10-30)32-18-4-2-3-17(24)19(18)31(23(32)34)12-15-6-5-14(11-27-15)21-28-29-22(35-21)20(25)26/h2-6,11,16,20H,7-10,12H2,1H3. The molecule has 1 aliphatic heterocycles. The number of benzene rings is 1. The third-order valence-corrected chi connectivity index (χ3v) is 6.23. The lowest BCUT2D eigenvalue weighted by atomic mass is 10.0. The fourth-order valence-corrected chi connectivity index (χ4v) is 4.48. The molecule has 1 aliphatic rings. The number of hydrogen-bond donors (Lipinski definition) is 0. The van der Waals surface area contributed by atoms with Gasteiger partial charge in [0, 0.05) is 32.3 Å². The molecular weight excluding hydrogens is 465 g/mol. The van der Waals surface area contributed by atoms with Crippen molar-refractivity contribution in [3.63, 3.8) is 0 Å². The predicted octanol–water partition coefficient (Wildman–Crippen LogP) is 3.56. The lowest BCUT2D eigenvalue weighted by Crippen LogP contribution is -2.40. The third-order valence-electron chi connectivity index (χ3n) is 6.23. The van der Waals surface area contributed by atoms with Crippen molar-refractivity contribution in [2.45, 2.75) is 38.8 Å². The highest BCUT2D eigenvalue weighted by molar-refractivity contribution is 5.77. The number of pyridine rings is 1. The Balaban J connectivity index is 1.46. The first-order valence-corrected chi connectivity index (χ1v) is 11.0. The van der Waals surface area contributed by atoms with E-state index in [4.69, 9.17) is 4.42 Å². The molecule has 0 bridgehead atoms. The molecule has 12 heteroatoms. The molecule has 1 amide bonds. The fraction of sp³-hybridized carbons (Fsp3) is 0.348. The number of aromatic nitrogens is 5. The van der Waals surface area contributed by atoms with E-state index < -0.39 is 18.1 Å². The van der Waals surface area contributed by atoms with E-state index in [2.05, 4.69) is 15.2 Å². The minimum Gasteiger partial charge on any atom is -0.415 e. The van der Waals surface area contributed by atoms with Gasteiger partial charge in [0.15, 0.2) is 0 Å². The van der Waals surface area contributed by atoms with Crippen LogP contribution in [0.1, 0.15) is 43.8 Å². The maximum Gasteiger partial charge on any atom is 0.329 e. The zero-order valence-electron chi connectivity index (χ0n) is 18.7. The average Bonchev–Trinajstić information content (AvgIpc) is 3.44. The summed E-state index contributed by atoms with van der Waals surface area (Å²) in [5, 5.41) is 6.88. The molecule has 3 aromatic heterocycles. The van der Waals surface area contributed by atoms with E-state index in [9.17, 15) is 22.8 Å². The van der Waals surface area contributed by atoms with Gasteiger partial charge < -0.3 is 9.32 Å². The van der Waals surface area contributed by atoms with Crippen LogP contribution in [0, 0.1) is 5.82 Å². The van der Waals surface area contributed by atoms with E-state index in [1.165, 1.54) is 23.8 Å². The molecule has 0 spiro atoms. The second-order valence-corrected chi connectivity index (χ2v) is 8.37. The molecule has 1 saturated heterocycles. The van der Waals surface area contributed by atoms with Crippen LogP contribution in [-0.4, -0.2) is 48.2 Å². The van der Waals surface area contributed by atoms with Gasteiger partial charge in [0.2, 0.25) is 11.8 Å². The highest BCUT2D eigenvalue weighted by atomic mass is 19.3. The van der Waals surface area contributed by atoms with Crippen molar-refractivity contribution in [1.82, 2.24) is 29.2 Å². The Hall–Kier alpha value is -3.96. The summed E-state index contributed by atoms with van der Waals surface area (Å²) < 4.78 is 48.2. The highest BCUT2D eigenvalue weighted by Gasteiger charge is 2.27. The lowest BCUT2D eigenvalue weighted by molar-refractivity contribution is -0.130. The highest BCUT2D eigenvalue weighted by Crippen LogP contribution is 2.28. The van der Waals surface area contributed by atoms with Gasteiger partial charge in [-0.15, -0.1) is 10.2 Å². The molecule has 5 rings (SSSR count). The molecule has 4 aromatic rings. The van der Waals surface area contributed by atoms with Crippen molar-refractivity contribution in [3.05, 3.63) is 64.4 Å². The smallest absolute Gasteiger partial charge is 0.329 e. The quantitative estimate of drug-likeness (QED) is 0.428. The van der Waals surface area contributed by atoms with Crippen molar-refractivity contribution in [1.29, 1.82) is 0 Å². The lowest BCUT2D eigenvalue weighted by Gasteiger charge is -2.31. The molecule has 0 saturated carbocycles. The van der Waals surface area contributed by atoms with Gasteiger partial charge in [-0.1, -0.05) is 6.07 Å². The van der Waals surface area contributed by atoms with Crippen molar-refractivity contribution in [2.24, 2.45) is 0 Å². The maximum absolute atomic E-state index is 14.9. The number of alkyl halides is 2. The summed E-state index contributed by atoms with van der Waals surface area (Å²) in [6, 6.07) is 7.55. The van der Waals surface area contributed by atoms with Crippen LogP contribution in [-0.2, 0) is 11.3 Å². The van der Waals surface area contributed by atoms with Crippen LogP contribution in [0.15, 0.2) is 45.7 Å². The van der Waals surface area contributed by atoms with Crippen LogP contribution in [0.5, 0.6) is 0 Å². The number of rotatable bonds is 5. The molecule has 35 heavy (non-hydrogen) atoms. The Morgan fingerprint density at radius 2 is 1.94 bits per heavy atom. The minimum absolute atomic E-state index is 0.00194. The van der Waals surface area contributed by atoms with Crippen LogP contribution in [0.25, 0.3) is 22.5 Å². The third kappa shape index (κ3) is 4.19. The summed E-state index contributed by atoms with van der Waals surface area (Å²) >= 11 is 0. The van der Waals surface area contributed by atoms with Crippen molar-refractivity contribution in [2.75, 3.05) is 13.1 Å². The SMILES string of the molecule is CC(=O)N1CCC(n2c(=O)n(Cc3ccc(-c4nnc(C(F)F)o4)cn3)c3c(F)cccc32)CC1.